The zero-order valence-corrected chi connectivity index (χ0v) is 17.5. The van der Waals surface area contributed by atoms with E-state index >= 15 is 0 Å². The maximum Gasteiger partial charge on any atom is 0.246 e. The molecule has 3 heterocycles. The van der Waals surface area contributed by atoms with Crippen molar-refractivity contribution < 1.29 is 13.9 Å². The summed E-state index contributed by atoms with van der Waals surface area (Å²) in [5, 5.41) is 6.04. The van der Waals surface area contributed by atoms with Crippen molar-refractivity contribution >= 4 is 23.4 Å². The molecule has 9 heteroatoms. The molecule has 1 atom stereocenters. The van der Waals surface area contributed by atoms with E-state index in [4.69, 9.17) is 4.74 Å². The van der Waals surface area contributed by atoms with Gasteiger partial charge < -0.3 is 20.3 Å². The minimum atomic E-state index is -0.307. The van der Waals surface area contributed by atoms with Crippen molar-refractivity contribution in [2.75, 3.05) is 22.6 Å². The first-order chi connectivity index (χ1) is 14.9. The first-order valence-electron chi connectivity index (χ1n) is 9.89. The van der Waals surface area contributed by atoms with Crippen molar-refractivity contribution in [2.45, 2.75) is 33.0 Å². The average molecular weight is 422 g/mol. The van der Waals surface area contributed by atoms with Gasteiger partial charge in [-0.25, -0.2) is 9.37 Å². The number of anilines is 3. The number of ether oxygens (including phenoxy) is 1. The Morgan fingerprint density at radius 3 is 2.68 bits per heavy atom. The van der Waals surface area contributed by atoms with E-state index < -0.39 is 0 Å². The van der Waals surface area contributed by atoms with Crippen molar-refractivity contribution in [3.05, 3.63) is 65.4 Å². The van der Waals surface area contributed by atoms with Gasteiger partial charge in [-0.05, 0) is 43.7 Å². The fourth-order valence-electron chi connectivity index (χ4n) is 3.14. The highest BCUT2D eigenvalue weighted by molar-refractivity contribution is 6.03. The van der Waals surface area contributed by atoms with Gasteiger partial charge in [-0.2, -0.15) is 4.98 Å². The minimum absolute atomic E-state index is 0.0756. The van der Waals surface area contributed by atoms with Crippen LogP contribution in [0.4, 0.5) is 21.8 Å². The number of nitrogens with one attached hydrogen (secondary N) is 2. The zero-order valence-electron chi connectivity index (χ0n) is 17.5. The molecule has 0 saturated heterocycles. The molecule has 2 aromatic heterocycles. The van der Waals surface area contributed by atoms with Crippen LogP contribution < -0.4 is 20.3 Å². The Morgan fingerprint density at radius 2 is 1.97 bits per heavy atom. The molecule has 0 unspecified atom stereocenters. The molecule has 0 bridgehead atoms. The Kier molecular flexibility index (Phi) is 5.66. The van der Waals surface area contributed by atoms with Crippen LogP contribution in [0.3, 0.4) is 0 Å². The Morgan fingerprint density at radius 1 is 1.19 bits per heavy atom. The topological polar surface area (TPSA) is 92.3 Å². The van der Waals surface area contributed by atoms with Gasteiger partial charge in [0, 0.05) is 7.05 Å². The normalized spacial score (nSPS) is 15.3. The van der Waals surface area contributed by atoms with Gasteiger partial charge in [-0.1, -0.05) is 12.1 Å². The molecule has 1 aromatic carbocycles. The van der Waals surface area contributed by atoms with Crippen LogP contribution in [-0.2, 0) is 17.9 Å². The number of hydrogen-bond donors (Lipinski definition) is 2. The number of rotatable bonds is 6. The SMILES string of the molecule is Cc1nc(NCc2ccc(OCc3ccc(F)cc3)cn2)nc2c1NC(=O)[C@H](C)N2C. The van der Waals surface area contributed by atoms with Crippen molar-refractivity contribution in [1.82, 2.24) is 15.0 Å². The third-order valence-electron chi connectivity index (χ3n) is 5.16. The lowest BCUT2D eigenvalue weighted by atomic mass is 10.2. The highest BCUT2D eigenvalue weighted by Gasteiger charge is 2.30. The molecular formula is C22H23FN6O2. The molecule has 1 amide bonds. The van der Waals surface area contributed by atoms with E-state index in [0.717, 1.165) is 11.3 Å². The van der Waals surface area contributed by atoms with Crippen LogP contribution in [0, 0.1) is 12.7 Å². The number of halogens is 1. The summed E-state index contributed by atoms with van der Waals surface area (Å²) in [6, 6.07) is 9.56. The van der Waals surface area contributed by atoms with Gasteiger partial charge in [0.25, 0.3) is 0 Å². The molecule has 1 aliphatic heterocycles. The molecule has 31 heavy (non-hydrogen) atoms. The van der Waals surface area contributed by atoms with Gasteiger partial charge in [-0.15, -0.1) is 0 Å². The number of pyridine rings is 1. The summed E-state index contributed by atoms with van der Waals surface area (Å²) in [5.41, 5.74) is 3.00. The summed E-state index contributed by atoms with van der Waals surface area (Å²) in [4.78, 5) is 27.2. The molecule has 2 N–H and O–H groups in total. The molecule has 0 spiro atoms. The number of fused-ring (bicyclic) bond motifs is 1. The van der Waals surface area contributed by atoms with E-state index in [2.05, 4.69) is 25.6 Å². The molecule has 0 fully saturated rings. The Balaban J connectivity index is 1.38. The zero-order chi connectivity index (χ0) is 22.0. The summed E-state index contributed by atoms with van der Waals surface area (Å²) in [6.45, 7) is 4.43. The molecule has 1 aliphatic rings. The summed E-state index contributed by atoms with van der Waals surface area (Å²) in [5.74, 6) is 1.42. The number of hydrogen-bond acceptors (Lipinski definition) is 7. The summed E-state index contributed by atoms with van der Waals surface area (Å²) in [7, 11) is 1.84. The number of aromatic nitrogens is 3. The van der Waals surface area contributed by atoms with Crippen LogP contribution >= 0.6 is 0 Å². The Hall–Kier alpha value is -3.75. The number of nitrogens with zero attached hydrogens (tertiary/aromatic N) is 4. The lowest BCUT2D eigenvalue weighted by molar-refractivity contribution is -0.117. The third-order valence-corrected chi connectivity index (χ3v) is 5.16. The van der Waals surface area contributed by atoms with Crippen molar-refractivity contribution in [3.63, 3.8) is 0 Å². The molecule has 8 nitrogen and oxygen atoms in total. The molecule has 0 radical (unpaired) electrons. The van der Waals surface area contributed by atoms with Gasteiger partial charge in [0.05, 0.1) is 24.1 Å². The number of carbonyl (C=O) groups excluding carboxylic acids is 1. The fraction of sp³-hybridized carbons (Fsp3) is 0.273. The average Bonchev–Trinajstić information content (AvgIpc) is 2.77. The van der Waals surface area contributed by atoms with Gasteiger partial charge in [0.2, 0.25) is 11.9 Å². The predicted octanol–water partition coefficient (Wildman–Crippen LogP) is 3.29. The van der Waals surface area contributed by atoms with Crippen LogP contribution in [-0.4, -0.2) is 33.9 Å². The molecule has 0 aliphatic carbocycles. The lowest BCUT2D eigenvalue weighted by Crippen LogP contribution is -2.44. The maximum absolute atomic E-state index is 13.0. The van der Waals surface area contributed by atoms with E-state index in [0.29, 0.717) is 42.0 Å². The molecule has 0 saturated carbocycles. The highest BCUT2D eigenvalue weighted by atomic mass is 19.1. The monoisotopic (exact) mass is 422 g/mol. The number of aryl methyl sites for hydroxylation is 1. The van der Waals surface area contributed by atoms with E-state index in [9.17, 15) is 9.18 Å². The first kappa shape index (κ1) is 20.5. The predicted molar refractivity (Wildman–Crippen MR) is 116 cm³/mol. The Bertz CT molecular complexity index is 1090. The van der Waals surface area contributed by atoms with Gasteiger partial charge in [0.1, 0.15) is 29.9 Å². The number of amides is 1. The molecule has 4 rings (SSSR count). The summed E-state index contributed by atoms with van der Waals surface area (Å²) >= 11 is 0. The number of likely N-dealkylation sites (N-methyl/N-ethyl adjacent to an activating group) is 1. The van der Waals surface area contributed by atoms with E-state index in [1.807, 2.05) is 37.9 Å². The quantitative estimate of drug-likeness (QED) is 0.630. The van der Waals surface area contributed by atoms with Crippen molar-refractivity contribution in [3.8, 4) is 5.75 Å². The maximum atomic E-state index is 13.0. The van der Waals surface area contributed by atoms with Crippen LogP contribution in [0.15, 0.2) is 42.6 Å². The second kappa shape index (κ2) is 8.55. The van der Waals surface area contributed by atoms with Crippen LogP contribution in [0.25, 0.3) is 0 Å². The first-order valence-corrected chi connectivity index (χ1v) is 9.89. The van der Waals surface area contributed by atoms with Crippen molar-refractivity contribution in [1.29, 1.82) is 0 Å². The molecule has 160 valence electrons. The number of benzene rings is 1. The largest absolute Gasteiger partial charge is 0.487 e. The lowest BCUT2D eigenvalue weighted by Gasteiger charge is -2.32. The van der Waals surface area contributed by atoms with E-state index in [-0.39, 0.29) is 17.8 Å². The van der Waals surface area contributed by atoms with Gasteiger partial charge in [0.15, 0.2) is 5.82 Å². The summed E-state index contributed by atoms with van der Waals surface area (Å²) < 4.78 is 18.7. The van der Waals surface area contributed by atoms with E-state index in [1.54, 1.807) is 18.3 Å². The fourth-order valence-corrected chi connectivity index (χ4v) is 3.14. The van der Waals surface area contributed by atoms with Crippen LogP contribution in [0.2, 0.25) is 0 Å². The second-order valence-electron chi connectivity index (χ2n) is 7.36. The van der Waals surface area contributed by atoms with Gasteiger partial charge >= 0.3 is 0 Å². The number of carbonyl (C=O) groups is 1. The van der Waals surface area contributed by atoms with Gasteiger partial charge in [-0.3, -0.25) is 9.78 Å². The minimum Gasteiger partial charge on any atom is -0.487 e. The molecular weight excluding hydrogens is 399 g/mol. The second-order valence-corrected chi connectivity index (χ2v) is 7.36. The molecule has 3 aromatic rings. The standard InChI is InChI=1S/C22H23FN6O2/c1-13-19-20(29(3)14(2)21(30)27-19)28-22(26-13)25-10-17-8-9-18(11-24-17)31-12-15-4-6-16(23)7-5-15/h4-9,11,14H,10,12H2,1-3H3,(H,27,30)(H,25,26,28)/t14-/m0/s1. The third kappa shape index (κ3) is 4.55. The van der Waals surface area contributed by atoms with Crippen LogP contribution in [0.1, 0.15) is 23.9 Å². The van der Waals surface area contributed by atoms with Crippen LogP contribution in [0.5, 0.6) is 5.75 Å². The van der Waals surface area contributed by atoms with Crippen molar-refractivity contribution in [2.24, 2.45) is 0 Å². The smallest absolute Gasteiger partial charge is 0.246 e. The highest BCUT2D eigenvalue weighted by Crippen LogP contribution is 2.32. The Labute approximate surface area is 179 Å². The van der Waals surface area contributed by atoms with E-state index in [1.165, 1.54) is 12.1 Å². The summed E-state index contributed by atoms with van der Waals surface area (Å²) in [6.07, 6.45) is 1.64.